The second-order valence-corrected chi connectivity index (χ2v) is 8.91. The Kier molecular flexibility index (Phi) is 5.74. The molecule has 0 bridgehead atoms. The van der Waals surface area contributed by atoms with Crippen molar-refractivity contribution in [3.63, 3.8) is 0 Å². The first-order chi connectivity index (χ1) is 17.7. The van der Waals surface area contributed by atoms with Crippen LogP contribution in [0.4, 0.5) is 17.1 Å². The van der Waals surface area contributed by atoms with E-state index < -0.39 is 7.12 Å². The summed E-state index contributed by atoms with van der Waals surface area (Å²) >= 11 is 0. The van der Waals surface area contributed by atoms with Crippen molar-refractivity contribution in [1.29, 1.82) is 0 Å². The molecule has 0 aromatic heterocycles. The summed E-state index contributed by atoms with van der Waals surface area (Å²) in [6.07, 6.45) is 0. The van der Waals surface area contributed by atoms with Gasteiger partial charge in [0.15, 0.2) is 0 Å². The molecule has 6 aromatic carbocycles. The third-order valence-electron chi connectivity index (χ3n) is 6.64. The van der Waals surface area contributed by atoms with Crippen molar-refractivity contribution in [2.75, 3.05) is 4.90 Å². The first-order valence-electron chi connectivity index (χ1n) is 12.0. The summed E-state index contributed by atoms with van der Waals surface area (Å²) < 4.78 is 0. The third kappa shape index (κ3) is 4.13. The molecule has 0 heterocycles. The molecule has 0 unspecified atom stereocenters. The summed E-state index contributed by atoms with van der Waals surface area (Å²) in [7, 11) is -1.48. The van der Waals surface area contributed by atoms with Crippen LogP contribution >= 0.6 is 0 Å². The van der Waals surface area contributed by atoms with Gasteiger partial charge in [0, 0.05) is 17.1 Å². The van der Waals surface area contributed by atoms with Gasteiger partial charge >= 0.3 is 7.12 Å². The fourth-order valence-corrected chi connectivity index (χ4v) is 4.84. The van der Waals surface area contributed by atoms with Crippen LogP contribution in [0.5, 0.6) is 0 Å². The zero-order valence-corrected chi connectivity index (χ0v) is 19.6. The van der Waals surface area contributed by atoms with Gasteiger partial charge in [-0.05, 0) is 74.5 Å². The van der Waals surface area contributed by atoms with E-state index in [0.29, 0.717) is 5.46 Å². The van der Waals surface area contributed by atoms with Gasteiger partial charge in [-0.1, -0.05) is 97.1 Å². The Morgan fingerprint density at radius 2 is 1.11 bits per heavy atom. The Labute approximate surface area is 210 Å². The quantitative estimate of drug-likeness (QED) is 0.275. The van der Waals surface area contributed by atoms with Gasteiger partial charge in [-0.25, -0.2) is 0 Å². The second kappa shape index (κ2) is 9.35. The van der Waals surface area contributed by atoms with Gasteiger partial charge in [0.25, 0.3) is 0 Å². The van der Waals surface area contributed by atoms with Crippen LogP contribution < -0.4 is 10.4 Å². The van der Waals surface area contributed by atoms with Crippen molar-refractivity contribution in [1.82, 2.24) is 0 Å². The highest BCUT2D eigenvalue weighted by atomic mass is 16.4. The van der Waals surface area contributed by atoms with Crippen molar-refractivity contribution in [3.8, 4) is 11.1 Å². The predicted molar refractivity (Wildman–Crippen MR) is 151 cm³/mol. The minimum atomic E-state index is -1.48. The SMILES string of the molecule is OB(O)c1ccc2cc(N(c3ccccc3)c3ccc(-c4cccc5ccccc45)cc3)ccc2c1. The van der Waals surface area contributed by atoms with Crippen molar-refractivity contribution in [3.05, 3.63) is 133 Å². The molecule has 0 aliphatic carbocycles. The van der Waals surface area contributed by atoms with Gasteiger partial charge in [-0.15, -0.1) is 0 Å². The summed E-state index contributed by atoms with van der Waals surface area (Å²) in [5.41, 5.74) is 6.04. The lowest BCUT2D eigenvalue weighted by Crippen LogP contribution is -2.29. The summed E-state index contributed by atoms with van der Waals surface area (Å²) in [6, 6.07) is 45.7. The molecule has 4 heteroatoms. The molecule has 0 aliphatic heterocycles. The molecule has 0 saturated heterocycles. The van der Waals surface area contributed by atoms with Crippen LogP contribution in [0.1, 0.15) is 0 Å². The highest BCUT2D eigenvalue weighted by molar-refractivity contribution is 6.58. The first-order valence-corrected chi connectivity index (χ1v) is 12.0. The number of anilines is 3. The molecular formula is C32H24BNO2. The first kappa shape index (κ1) is 22.1. The Hall–Kier alpha value is -4.38. The topological polar surface area (TPSA) is 43.7 Å². The zero-order valence-electron chi connectivity index (χ0n) is 19.6. The fourth-order valence-electron chi connectivity index (χ4n) is 4.84. The van der Waals surface area contributed by atoms with E-state index in [2.05, 4.69) is 95.9 Å². The molecule has 36 heavy (non-hydrogen) atoms. The Bertz CT molecular complexity index is 1660. The summed E-state index contributed by atoms with van der Waals surface area (Å²) in [6.45, 7) is 0. The lowest BCUT2D eigenvalue weighted by molar-refractivity contribution is 0.426. The molecule has 0 aliphatic rings. The van der Waals surface area contributed by atoms with Gasteiger partial charge in [0.1, 0.15) is 0 Å². The normalized spacial score (nSPS) is 11.1. The maximum absolute atomic E-state index is 9.53. The van der Waals surface area contributed by atoms with Crippen LogP contribution in [0.25, 0.3) is 32.7 Å². The van der Waals surface area contributed by atoms with E-state index in [4.69, 9.17) is 0 Å². The second-order valence-electron chi connectivity index (χ2n) is 8.91. The highest BCUT2D eigenvalue weighted by Crippen LogP contribution is 2.37. The maximum atomic E-state index is 9.53. The molecule has 3 nitrogen and oxygen atoms in total. The van der Waals surface area contributed by atoms with Crippen molar-refractivity contribution < 1.29 is 10.0 Å². The molecule has 0 atom stereocenters. The molecule has 0 fully saturated rings. The standard InChI is InChI=1S/C32H24BNO2/c35-33(36)27-17-13-26-22-30(20-16-25(26)21-27)34(28-9-2-1-3-10-28)29-18-14-24(15-19-29)32-12-6-8-23-7-4-5-11-31(23)32/h1-22,35-36H. The van der Waals surface area contributed by atoms with Crippen LogP contribution in [-0.2, 0) is 0 Å². The lowest BCUT2D eigenvalue weighted by atomic mass is 9.79. The number of hydrogen-bond donors (Lipinski definition) is 2. The molecule has 0 saturated carbocycles. The van der Waals surface area contributed by atoms with Gasteiger partial charge < -0.3 is 14.9 Å². The largest absolute Gasteiger partial charge is 0.488 e. The molecule has 6 aromatic rings. The highest BCUT2D eigenvalue weighted by Gasteiger charge is 2.15. The van der Waals surface area contributed by atoms with E-state index in [1.807, 2.05) is 36.4 Å². The smallest absolute Gasteiger partial charge is 0.423 e. The van der Waals surface area contributed by atoms with E-state index in [0.717, 1.165) is 27.8 Å². The summed E-state index contributed by atoms with van der Waals surface area (Å²) in [4.78, 5) is 2.24. The summed E-state index contributed by atoms with van der Waals surface area (Å²) in [5.74, 6) is 0. The monoisotopic (exact) mass is 465 g/mol. The van der Waals surface area contributed by atoms with Gasteiger partial charge in [-0.2, -0.15) is 0 Å². The van der Waals surface area contributed by atoms with Crippen molar-refractivity contribution >= 4 is 51.2 Å². The lowest BCUT2D eigenvalue weighted by Gasteiger charge is -2.26. The van der Waals surface area contributed by atoms with Crippen LogP contribution in [0.15, 0.2) is 133 Å². The molecule has 0 spiro atoms. The minimum Gasteiger partial charge on any atom is -0.423 e. The van der Waals surface area contributed by atoms with E-state index >= 15 is 0 Å². The minimum absolute atomic E-state index is 0.485. The molecule has 0 amide bonds. The van der Waals surface area contributed by atoms with Gasteiger partial charge in [0.05, 0.1) is 0 Å². The number of para-hydroxylation sites is 1. The van der Waals surface area contributed by atoms with E-state index in [1.165, 1.54) is 21.9 Å². The molecule has 0 radical (unpaired) electrons. The third-order valence-corrected chi connectivity index (χ3v) is 6.64. The van der Waals surface area contributed by atoms with Crippen LogP contribution in [0.2, 0.25) is 0 Å². The predicted octanol–water partition coefficient (Wildman–Crippen LogP) is 6.81. The van der Waals surface area contributed by atoms with Gasteiger partial charge in [0.2, 0.25) is 0 Å². The average molecular weight is 465 g/mol. The number of fused-ring (bicyclic) bond motifs is 2. The number of rotatable bonds is 5. The molecule has 172 valence electrons. The number of hydrogen-bond acceptors (Lipinski definition) is 3. The average Bonchev–Trinajstić information content (AvgIpc) is 2.93. The van der Waals surface area contributed by atoms with Crippen molar-refractivity contribution in [2.45, 2.75) is 0 Å². The zero-order chi connectivity index (χ0) is 24.5. The van der Waals surface area contributed by atoms with Crippen LogP contribution in [0.3, 0.4) is 0 Å². The number of nitrogens with zero attached hydrogens (tertiary/aromatic N) is 1. The summed E-state index contributed by atoms with van der Waals surface area (Å²) in [5, 5.41) is 23.5. The Balaban J connectivity index is 1.43. The van der Waals surface area contributed by atoms with Crippen molar-refractivity contribution in [2.24, 2.45) is 0 Å². The Morgan fingerprint density at radius 3 is 1.92 bits per heavy atom. The molecule has 2 N–H and O–H groups in total. The number of benzene rings is 6. The maximum Gasteiger partial charge on any atom is 0.488 e. The van der Waals surface area contributed by atoms with Crippen LogP contribution in [0, 0.1) is 0 Å². The molecular weight excluding hydrogens is 441 g/mol. The van der Waals surface area contributed by atoms with Gasteiger partial charge in [-0.3, -0.25) is 0 Å². The van der Waals surface area contributed by atoms with E-state index in [-0.39, 0.29) is 0 Å². The van der Waals surface area contributed by atoms with Crippen LogP contribution in [-0.4, -0.2) is 17.2 Å². The molecule has 6 rings (SSSR count). The van der Waals surface area contributed by atoms with E-state index in [1.54, 1.807) is 6.07 Å². The fraction of sp³-hybridized carbons (Fsp3) is 0. The Morgan fingerprint density at radius 1 is 0.472 bits per heavy atom. The van der Waals surface area contributed by atoms with E-state index in [9.17, 15) is 10.0 Å².